The zero-order valence-corrected chi connectivity index (χ0v) is 12.7. The van der Waals surface area contributed by atoms with Crippen LogP contribution in [0.5, 0.6) is 0 Å². The van der Waals surface area contributed by atoms with E-state index in [0.717, 1.165) is 23.4 Å². The summed E-state index contributed by atoms with van der Waals surface area (Å²) in [6.07, 6.45) is 3.52. The van der Waals surface area contributed by atoms with Crippen LogP contribution in [0, 0.1) is 5.92 Å². The third kappa shape index (κ3) is 6.07. The molecule has 0 N–H and O–H groups in total. The molecule has 0 bridgehead atoms. The molecule has 0 spiro atoms. The largest absolute Gasteiger partial charge is 0.229 e. The Balaban J connectivity index is 2.50. The van der Waals surface area contributed by atoms with Gasteiger partial charge in [0.05, 0.1) is 0 Å². The van der Waals surface area contributed by atoms with Crippen molar-refractivity contribution in [2.45, 2.75) is 19.3 Å². The Labute approximate surface area is 119 Å². The van der Waals surface area contributed by atoms with Crippen molar-refractivity contribution in [2.24, 2.45) is 5.92 Å². The average Bonchev–Trinajstić information content (AvgIpc) is 2.29. The third-order valence-electron chi connectivity index (χ3n) is 2.81. The highest BCUT2D eigenvalue weighted by Crippen LogP contribution is 2.22. The van der Waals surface area contributed by atoms with Gasteiger partial charge >= 0.3 is 0 Å². The Kier molecular flexibility index (Phi) is 6.47. The van der Waals surface area contributed by atoms with Crippen molar-refractivity contribution in [3.63, 3.8) is 0 Å². The van der Waals surface area contributed by atoms with Gasteiger partial charge in [-0.15, -0.1) is 11.6 Å². The van der Waals surface area contributed by atoms with Gasteiger partial charge in [0, 0.05) is 22.9 Å². The van der Waals surface area contributed by atoms with E-state index in [9.17, 15) is 8.42 Å². The van der Waals surface area contributed by atoms with E-state index in [0.29, 0.717) is 12.3 Å². The zero-order valence-electron chi connectivity index (χ0n) is 10.4. The summed E-state index contributed by atoms with van der Waals surface area (Å²) in [6, 6.07) is 7.69. The predicted molar refractivity (Wildman–Crippen MR) is 78.3 cm³/mol. The number of halogens is 2. The molecule has 1 aromatic rings. The van der Waals surface area contributed by atoms with Crippen molar-refractivity contribution in [1.82, 2.24) is 0 Å². The van der Waals surface area contributed by atoms with Crippen LogP contribution in [0.4, 0.5) is 0 Å². The van der Waals surface area contributed by atoms with E-state index in [2.05, 4.69) is 0 Å². The van der Waals surface area contributed by atoms with E-state index in [-0.39, 0.29) is 11.7 Å². The molecule has 1 atom stereocenters. The first-order chi connectivity index (χ1) is 8.42. The first-order valence-electron chi connectivity index (χ1n) is 5.89. The summed E-state index contributed by atoms with van der Waals surface area (Å²) in [6.45, 7) is 0. The molecule has 0 radical (unpaired) electrons. The number of alkyl halides is 1. The Morgan fingerprint density at radius 1 is 1.28 bits per heavy atom. The van der Waals surface area contributed by atoms with Crippen LogP contribution in [-0.2, 0) is 16.3 Å². The highest BCUT2D eigenvalue weighted by molar-refractivity contribution is 7.90. The van der Waals surface area contributed by atoms with E-state index in [1.54, 1.807) is 0 Å². The second kappa shape index (κ2) is 7.37. The zero-order chi connectivity index (χ0) is 13.6. The van der Waals surface area contributed by atoms with Crippen molar-refractivity contribution < 1.29 is 8.42 Å². The molecule has 0 fully saturated rings. The SMILES string of the molecule is CS(=O)(=O)CCCC(CCl)Cc1ccccc1Cl. The van der Waals surface area contributed by atoms with Crippen molar-refractivity contribution in [3.8, 4) is 0 Å². The minimum absolute atomic E-state index is 0.225. The molecule has 2 nitrogen and oxygen atoms in total. The van der Waals surface area contributed by atoms with Crippen LogP contribution >= 0.6 is 23.2 Å². The van der Waals surface area contributed by atoms with E-state index in [1.807, 2.05) is 24.3 Å². The number of hydrogen-bond acceptors (Lipinski definition) is 2. The normalized spacial score (nSPS) is 13.5. The van der Waals surface area contributed by atoms with Gasteiger partial charge in [-0.2, -0.15) is 0 Å². The first-order valence-corrected chi connectivity index (χ1v) is 8.87. The molecule has 5 heteroatoms. The lowest BCUT2D eigenvalue weighted by molar-refractivity contribution is 0.524. The Hall–Kier alpha value is -0.250. The van der Waals surface area contributed by atoms with Gasteiger partial charge in [-0.3, -0.25) is 0 Å². The van der Waals surface area contributed by atoms with Gasteiger partial charge in [-0.25, -0.2) is 8.42 Å². The molecule has 0 aromatic heterocycles. The molecule has 18 heavy (non-hydrogen) atoms. The minimum atomic E-state index is -2.88. The van der Waals surface area contributed by atoms with Crippen LogP contribution < -0.4 is 0 Å². The molecule has 102 valence electrons. The summed E-state index contributed by atoms with van der Waals surface area (Å²) in [5.74, 6) is 1.02. The Morgan fingerprint density at radius 2 is 1.94 bits per heavy atom. The molecule has 0 saturated heterocycles. The molecular formula is C13H18Cl2O2S. The fourth-order valence-corrected chi connectivity index (χ4v) is 3.01. The van der Waals surface area contributed by atoms with E-state index >= 15 is 0 Å². The van der Waals surface area contributed by atoms with Crippen molar-refractivity contribution >= 4 is 33.0 Å². The Morgan fingerprint density at radius 3 is 2.50 bits per heavy atom. The summed E-state index contributed by atoms with van der Waals surface area (Å²) in [5.41, 5.74) is 1.07. The number of sulfone groups is 1. The first kappa shape index (κ1) is 15.8. The molecule has 1 aromatic carbocycles. The average molecular weight is 309 g/mol. The molecule has 0 saturated carbocycles. The molecule has 0 heterocycles. The lowest BCUT2D eigenvalue weighted by Gasteiger charge is -2.14. The van der Waals surface area contributed by atoms with E-state index < -0.39 is 9.84 Å². The lowest BCUT2D eigenvalue weighted by atomic mass is 9.97. The summed E-state index contributed by atoms with van der Waals surface area (Å²) in [7, 11) is -2.88. The van der Waals surface area contributed by atoms with Gasteiger partial charge in [0.1, 0.15) is 9.84 Å². The van der Waals surface area contributed by atoms with Crippen molar-refractivity contribution in [1.29, 1.82) is 0 Å². The van der Waals surface area contributed by atoms with Crippen LogP contribution in [0.3, 0.4) is 0 Å². The summed E-state index contributed by atoms with van der Waals surface area (Å²) in [4.78, 5) is 0. The molecule has 0 aliphatic carbocycles. The van der Waals surface area contributed by atoms with Gasteiger partial charge in [-0.05, 0) is 36.8 Å². The Bertz CT molecular complexity index is 472. The number of hydrogen-bond donors (Lipinski definition) is 0. The smallest absolute Gasteiger partial charge is 0.147 e. The molecular weight excluding hydrogens is 291 g/mol. The summed E-state index contributed by atoms with van der Waals surface area (Å²) < 4.78 is 22.1. The van der Waals surface area contributed by atoms with Crippen LogP contribution in [0.25, 0.3) is 0 Å². The standard InChI is InChI=1S/C13H18Cl2O2S/c1-18(16,17)8-4-5-11(10-14)9-12-6-2-3-7-13(12)15/h2-3,6-7,11H,4-5,8-10H2,1H3. The quantitative estimate of drug-likeness (QED) is 0.722. The second-order valence-electron chi connectivity index (χ2n) is 4.59. The molecule has 0 aliphatic rings. The van der Waals surface area contributed by atoms with E-state index in [4.69, 9.17) is 23.2 Å². The van der Waals surface area contributed by atoms with E-state index in [1.165, 1.54) is 6.26 Å². The fourth-order valence-electron chi connectivity index (χ4n) is 1.84. The van der Waals surface area contributed by atoms with Gasteiger partial charge in [0.25, 0.3) is 0 Å². The number of rotatable bonds is 7. The topological polar surface area (TPSA) is 34.1 Å². The highest BCUT2D eigenvalue weighted by atomic mass is 35.5. The monoisotopic (exact) mass is 308 g/mol. The van der Waals surface area contributed by atoms with Crippen LogP contribution in [0.2, 0.25) is 5.02 Å². The number of benzene rings is 1. The fraction of sp³-hybridized carbons (Fsp3) is 0.538. The van der Waals surface area contributed by atoms with Gasteiger partial charge in [-0.1, -0.05) is 29.8 Å². The van der Waals surface area contributed by atoms with Crippen LogP contribution in [0.1, 0.15) is 18.4 Å². The van der Waals surface area contributed by atoms with Gasteiger partial charge in [0.2, 0.25) is 0 Å². The summed E-state index contributed by atoms with van der Waals surface area (Å²) in [5, 5.41) is 0.746. The molecule has 0 aliphatic heterocycles. The second-order valence-corrected chi connectivity index (χ2v) is 7.56. The van der Waals surface area contributed by atoms with Crippen molar-refractivity contribution in [2.75, 3.05) is 17.9 Å². The minimum Gasteiger partial charge on any atom is -0.229 e. The van der Waals surface area contributed by atoms with Crippen molar-refractivity contribution in [3.05, 3.63) is 34.9 Å². The maximum absolute atomic E-state index is 11.1. The maximum Gasteiger partial charge on any atom is 0.147 e. The summed E-state index contributed by atoms with van der Waals surface area (Å²) >= 11 is 12.0. The van der Waals surface area contributed by atoms with Crippen LogP contribution in [-0.4, -0.2) is 26.3 Å². The maximum atomic E-state index is 11.1. The highest BCUT2D eigenvalue weighted by Gasteiger charge is 2.12. The van der Waals surface area contributed by atoms with Gasteiger partial charge in [0.15, 0.2) is 0 Å². The molecule has 1 unspecified atom stereocenters. The predicted octanol–water partition coefficient (Wildman–Crippen LogP) is 3.56. The molecule has 1 rings (SSSR count). The lowest BCUT2D eigenvalue weighted by Crippen LogP contribution is -2.10. The third-order valence-corrected chi connectivity index (χ3v) is 4.65. The molecule has 0 amide bonds. The van der Waals surface area contributed by atoms with Crippen LogP contribution in [0.15, 0.2) is 24.3 Å². The van der Waals surface area contributed by atoms with Gasteiger partial charge < -0.3 is 0 Å².